The van der Waals surface area contributed by atoms with E-state index in [0.29, 0.717) is 24.2 Å². The zero-order valence-electron chi connectivity index (χ0n) is 17.7. The van der Waals surface area contributed by atoms with Gasteiger partial charge in [0.25, 0.3) is 10.0 Å². The minimum atomic E-state index is -4.15. The topological polar surface area (TPSA) is 122 Å². The summed E-state index contributed by atoms with van der Waals surface area (Å²) in [6, 6.07) is 9.36. The number of aliphatic carboxylic acids is 1. The number of methoxy groups -OCH3 is 2. The van der Waals surface area contributed by atoms with Crippen LogP contribution in [0.25, 0.3) is 6.08 Å². The molecule has 1 fully saturated rings. The standard InChI is InChI=1S/C22H24N2O7S/c1-30-18-12-15(9-10-21(26)27)13-19(22(18)31-2)32(28,29)23-16-6-5-7-17(14-16)24-11-4-3-8-20(24)25/h5-7,9-10,12-14,23H,3-4,8,11H2,1-2H3,(H,26,27)/b10-9+. The van der Waals surface area contributed by atoms with Gasteiger partial charge in [0.05, 0.1) is 19.9 Å². The van der Waals surface area contributed by atoms with Crippen LogP contribution in [0.4, 0.5) is 11.4 Å². The molecule has 3 rings (SSSR count). The van der Waals surface area contributed by atoms with Crippen LogP contribution in [0, 0.1) is 0 Å². The summed E-state index contributed by atoms with van der Waals surface area (Å²) in [5, 5.41) is 8.88. The van der Waals surface area contributed by atoms with Gasteiger partial charge in [0.15, 0.2) is 11.5 Å². The highest BCUT2D eigenvalue weighted by Gasteiger charge is 2.25. The molecule has 170 valence electrons. The number of sulfonamides is 1. The summed E-state index contributed by atoms with van der Waals surface area (Å²) >= 11 is 0. The molecule has 0 unspecified atom stereocenters. The van der Waals surface area contributed by atoms with Crippen LogP contribution < -0.4 is 19.1 Å². The lowest BCUT2D eigenvalue weighted by molar-refractivity contribution is -0.131. The fourth-order valence-electron chi connectivity index (χ4n) is 3.44. The highest BCUT2D eigenvalue weighted by Crippen LogP contribution is 2.37. The maximum absolute atomic E-state index is 13.2. The average Bonchev–Trinajstić information content (AvgIpc) is 2.77. The van der Waals surface area contributed by atoms with Gasteiger partial charge in [0, 0.05) is 24.7 Å². The van der Waals surface area contributed by atoms with E-state index < -0.39 is 16.0 Å². The smallest absolute Gasteiger partial charge is 0.328 e. The number of carbonyl (C=O) groups is 2. The van der Waals surface area contributed by atoms with Gasteiger partial charge in [-0.05, 0) is 54.8 Å². The third kappa shape index (κ3) is 5.20. The van der Waals surface area contributed by atoms with Gasteiger partial charge in [-0.1, -0.05) is 6.07 Å². The van der Waals surface area contributed by atoms with E-state index in [1.165, 1.54) is 32.4 Å². The van der Waals surface area contributed by atoms with Crippen molar-refractivity contribution >= 4 is 39.4 Å². The number of nitrogens with one attached hydrogen (secondary N) is 1. The number of carboxylic acids is 1. The van der Waals surface area contributed by atoms with E-state index in [9.17, 15) is 18.0 Å². The first-order valence-corrected chi connectivity index (χ1v) is 11.3. The van der Waals surface area contributed by atoms with Crippen molar-refractivity contribution in [2.75, 3.05) is 30.4 Å². The van der Waals surface area contributed by atoms with Crippen LogP contribution in [-0.4, -0.2) is 46.2 Å². The molecule has 10 heteroatoms. The van der Waals surface area contributed by atoms with Crippen LogP contribution in [0.5, 0.6) is 11.5 Å². The molecule has 2 N–H and O–H groups in total. The minimum Gasteiger partial charge on any atom is -0.493 e. The minimum absolute atomic E-state index is 0.000539. The van der Waals surface area contributed by atoms with Gasteiger partial charge in [-0.2, -0.15) is 0 Å². The lowest BCUT2D eigenvalue weighted by Gasteiger charge is -2.27. The molecule has 0 aliphatic carbocycles. The maximum Gasteiger partial charge on any atom is 0.328 e. The number of nitrogens with zero attached hydrogens (tertiary/aromatic N) is 1. The van der Waals surface area contributed by atoms with E-state index in [1.807, 2.05) is 0 Å². The summed E-state index contributed by atoms with van der Waals surface area (Å²) in [7, 11) is -1.49. The molecule has 0 bridgehead atoms. The van der Waals surface area contributed by atoms with E-state index in [2.05, 4.69) is 4.72 Å². The Kier molecular flexibility index (Phi) is 7.04. The Morgan fingerprint density at radius 3 is 2.59 bits per heavy atom. The maximum atomic E-state index is 13.2. The van der Waals surface area contributed by atoms with Crippen LogP contribution in [0.2, 0.25) is 0 Å². The monoisotopic (exact) mass is 460 g/mol. The number of ether oxygens (including phenoxy) is 2. The Balaban J connectivity index is 1.99. The van der Waals surface area contributed by atoms with Crippen molar-refractivity contribution in [3.05, 3.63) is 48.0 Å². The average molecular weight is 461 g/mol. The van der Waals surface area contributed by atoms with Crippen molar-refractivity contribution in [1.82, 2.24) is 0 Å². The van der Waals surface area contributed by atoms with Crippen molar-refractivity contribution in [2.24, 2.45) is 0 Å². The first kappa shape index (κ1) is 23.1. The predicted octanol–water partition coefficient (Wildman–Crippen LogP) is 3.12. The Hall–Kier alpha value is -3.53. The number of rotatable bonds is 8. The third-order valence-electron chi connectivity index (χ3n) is 4.91. The lowest BCUT2D eigenvalue weighted by Crippen LogP contribution is -2.35. The molecule has 0 atom stereocenters. The van der Waals surface area contributed by atoms with Gasteiger partial charge in [0.1, 0.15) is 4.90 Å². The van der Waals surface area contributed by atoms with Crippen LogP contribution in [-0.2, 0) is 19.6 Å². The number of benzene rings is 2. The summed E-state index contributed by atoms with van der Waals surface area (Å²) in [4.78, 5) is 24.5. The number of carbonyl (C=O) groups excluding carboxylic acids is 1. The zero-order chi connectivity index (χ0) is 23.3. The molecule has 0 radical (unpaired) electrons. The molecule has 0 aromatic heterocycles. The van der Waals surface area contributed by atoms with Crippen molar-refractivity contribution < 1.29 is 32.6 Å². The molecular formula is C22H24N2O7S. The van der Waals surface area contributed by atoms with E-state index in [1.54, 1.807) is 29.2 Å². The number of anilines is 2. The summed E-state index contributed by atoms with van der Waals surface area (Å²) in [5.41, 5.74) is 1.18. The van der Waals surface area contributed by atoms with Gasteiger partial charge < -0.3 is 19.5 Å². The largest absolute Gasteiger partial charge is 0.493 e. The number of carboxylic acid groups (broad SMARTS) is 1. The van der Waals surface area contributed by atoms with Gasteiger partial charge in [-0.25, -0.2) is 13.2 Å². The van der Waals surface area contributed by atoms with Crippen molar-refractivity contribution in [3.8, 4) is 11.5 Å². The van der Waals surface area contributed by atoms with E-state index in [4.69, 9.17) is 14.6 Å². The molecule has 2 aromatic carbocycles. The molecule has 0 saturated carbocycles. The molecule has 1 aliphatic rings. The van der Waals surface area contributed by atoms with Gasteiger partial charge >= 0.3 is 5.97 Å². The SMILES string of the molecule is COc1cc(/C=C/C(=O)O)cc(S(=O)(=O)Nc2cccc(N3CCCCC3=O)c2)c1OC. The van der Waals surface area contributed by atoms with Gasteiger partial charge in [-0.3, -0.25) is 9.52 Å². The van der Waals surface area contributed by atoms with Crippen LogP contribution >= 0.6 is 0 Å². The summed E-state index contributed by atoms with van der Waals surface area (Å²) < 4.78 is 39.5. The first-order chi connectivity index (χ1) is 15.2. The number of hydrogen-bond acceptors (Lipinski definition) is 6. The highest BCUT2D eigenvalue weighted by atomic mass is 32.2. The fourth-order valence-corrected chi connectivity index (χ4v) is 4.71. The summed E-state index contributed by atoms with van der Waals surface area (Å²) in [6.45, 7) is 0.581. The Labute approximate surface area is 186 Å². The molecular weight excluding hydrogens is 436 g/mol. The second-order valence-electron chi connectivity index (χ2n) is 7.08. The Morgan fingerprint density at radius 2 is 1.94 bits per heavy atom. The molecule has 32 heavy (non-hydrogen) atoms. The Bertz CT molecular complexity index is 1160. The first-order valence-electron chi connectivity index (χ1n) is 9.85. The molecule has 1 amide bonds. The molecule has 1 saturated heterocycles. The van der Waals surface area contributed by atoms with Gasteiger partial charge in [-0.15, -0.1) is 0 Å². The van der Waals surface area contributed by atoms with E-state index in [-0.39, 0.29) is 28.0 Å². The molecule has 9 nitrogen and oxygen atoms in total. The number of hydrogen-bond donors (Lipinski definition) is 2. The number of amides is 1. The third-order valence-corrected chi connectivity index (χ3v) is 6.30. The predicted molar refractivity (Wildman–Crippen MR) is 120 cm³/mol. The van der Waals surface area contributed by atoms with E-state index >= 15 is 0 Å². The quantitative estimate of drug-likeness (QED) is 0.580. The molecule has 1 aliphatic heterocycles. The highest BCUT2D eigenvalue weighted by molar-refractivity contribution is 7.92. The zero-order valence-corrected chi connectivity index (χ0v) is 18.5. The van der Waals surface area contributed by atoms with E-state index in [0.717, 1.165) is 18.9 Å². The van der Waals surface area contributed by atoms with Crippen LogP contribution in [0.3, 0.4) is 0 Å². The van der Waals surface area contributed by atoms with Gasteiger partial charge in [0.2, 0.25) is 5.91 Å². The Morgan fingerprint density at radius 1 is 1.16 bits per heavy atom. The van der Waals surface area contributed by atoms with Crippen molar-refractivity contribution in [2.45, 2.75) is 24.2 Å². The molecule has 0 spiro atoms. The molecule has 2 aromatic rings. The molecule has 1 heterocycles. The normalized spacial score (nSPS) is 14.4. The summed E-state index contributed by atoms with van der Waals surface area (Å²) in [5.74, 6) is -1.06. The summed E-state index contributed by atoms with van der Waals surface area (Å²) in [6.07, 6.45) is 4.34. The number of piperidine rings is 1. The second kappa shape index (κ2) is 9.73. The van der Waals surface area contributed by atoms with Crippen LogP contribution in [0.15, 0.2) is 47.4 Å². The second-order valence-corrected chi connectivity index (χ2v) is 8.74. The van der Waals surface area contributed by atoms with Crippen LogP contribution in [0.1, 0.15) is 24.8 Å². The fraction of sp³-hybridized carbons (Fsp3) is 0.273. The van der Waals surface area contributed by atoms with Crippen molar-refractivity contribution in [3.63, 3.8) is 0 Å². The van der Waals surface area contributed by atoms with Crippen molar-refractivity contribution in [1.29, 1.82) is 0 Å². The lowest BCUT2D eigenvalue weighted by atomic mass is 10.1.